The predicted molar refractivity (Wildman–Crippen MR) is 105 cm³/mol. The van der Waals surface area contributed by atoms with Crippen LogP contribution in [0.15, 0.2) is 78.4 Å². The molecule has 2 N–H and O–H groups in total. The quantitative estimate of drug-likeness (QED) is 0.550. The number of hydrogen-bond acceptors (Lipinski definition) is 5. The Morgan fingerprint density at radius 1 is 0.923 bits per heavy atom. The van der Waals surface area contributed by atoms with E-state index >= 15 is 0 Å². The normalized spacial score (nSPS) is 11.8. The van der Waals surface area contributed by atoms with Gasteiger partial charge in [0, 0.05) is 5.69 Å². The number of carbonyl (C=O) groups is 1. The lowest BCUT2D eigenvalue weighted by atomic mass is 10.1. The van der Waals surface area contributed by atoms with Gasteiger partial charge in [-0.2, -0.15) is 0 Å². The molecule has 2 heterocycles. The number of anilines is 2. The zero-order chi connectivity index (χ0) is 17.8. The van der Waals surface area contributed by atoms with Gasteiger partial charge >= 0.3 is 0 Å². The van der Waals surface area contributed by atoms with Gasteiger partial charge in [-0.05, 0) is 29.1 Å². The molecule has 0 spiro atoms. The number of rotatable bonds is 5. The van der Waals surface area contributed by atoms with Crippen LogP contribution in [0.2, 0.25) is 0 Å². The Hall–Kier alpha value is -3.25. The first-order chi connectivity index (χ1) is 12.8. The Labute approximate surface area is 154 Å². The van der Waals surface area contributed by atoms with Gasteiger partial charge in [0.2, 0.25) is 0 Å². The maximum atomic E-state index is 13.0. The third kappa shape index (κ3) is 3.41. The molecule has 0 aliphatic rings. The fourth-order valence-electron chi connectivity index (χ4n) is 2.72. The molecule has 0 fully saturated rings. The number of nitrogens with zero attached hydrogens (tertiary/aromatic N) is 2. The molecule has 4 aromatic rings. The van der Waals surface area contributed by atoms with Crippen LogP contribution in [-0.4, -0.2) is 15.9 Å². The van der Waals surface area contributed by atoms with Gasteiger partial charge in [-0.15, -0.1) is 11.3 Å². The number of aromatic nitrogens is 2. The average Bonchev–Trinajstić information content (AvgIpc) is 3.17. The van der Waals surface area contributed by atoms with Gasteiger partial charge in [-0.1, -0.05) is 48.5 Å². The van der Waals surface area contributed by atoms with Crippen LogP contribution in [0.1, 0.15) is 11.6 Å². The summed E-state index contributed by atoms with van der Waals surface area (Å²) in [5.74, 6) is 0.498. The molecule has 26 heavy (non-hydrogen) atoms. The third-order valence-electron chi connectivity index (χ3n) is 3.98. The summed E-state index contributed by atoms with van der Waals surface area (Å²) in [5, 5.41) is 9.12. The molecule has 2 aromatic heterocycles. The molecule has 0 aliphatic heterocycles. The second-order valence-corrected chi connectivity index (χ2v) is 6.60. The van der Waals surface area contributed by atoms with Crippen molar-refractivity contribution < 1.29 is 4.79 Å². The van der Waals surface area contributed by atoms with Crippen LogP contribution in [-0.2, 0) is 4.79 Å². The van der Waals surface area contributed by atoms with Gasteiger partial charge in [0.05, 0.1) is 5.39 Å². The summed E-state index contributed by atoms with van der Waals surface area (Å²) >= 11 is 1.54. The Morgan fingerprint density at radius 3 is 2.42 bits per heavy atom. The lowest BCUT2D eigenvalue weighted by molar-refractivity contribution is -0.117. The molecule has 0 aliphatic carbocycles. The van der Waals surface area contributed by atoms with E-state index < -0.39 is 6.04 Å². The topological polar surface area (TPSA) is 66.9 Å². The van der Waals surface area contributed by atoms with E-state index in [1.54, 1.807) is 11.3 Å². The van der Waals surface area contributed by atoms with Crippen LogP contribution in [0.4, 0.5) is 11.5 Å². The van der Waals surface area contributed by atoms with Crippen LogP contribution >= 0.6 is 11.3 Å². The number of nitrogens with one attached hydrogen (secondary N) is 2. The highest BCUT2D eigenvalue weighted by atomic mass is 32.1. The Balaban J connectivity index is 1.67. The molecule has 1 atom stereocenters. The molecule has 0 saturated heterocycles. The highest BCUT2D eigenvalue weighted by molar-refractivity contribution is 7.16. The van der Waals surface area contributed by atoms with Crippen molar-refractivity contribution in [2.45, 2.75) is 6.04 Å². The van der Waals surface area contributed by atoms with Gasteiger partial charge in [0.15, 0.2) is 0 Å². The molecule has 2 aromatic carbocycles. The molecule has 4 rings (SSSR count). The van der Waals surface area contributed by atoms with Crippen LogP contribution in [0.5, 0.6) is 0 Å². The van der Waals surface area contributed by atoms with Crippen molar-refractivity contribution >= 4 is 39.0 Å². The standard InChI is InChI=1S/C20H16N4OS/c25-19(23-15-9-5-2-6-10-15)17(14-7-3-1-4-8-14)24-18-16-11-12-26-20(16)22-13-21-18/h1-13,17H,(H,23,25)(H,21,22,24). The van der Waals surface area contributed by atoms with Gasteiger partial charge in [0.1, 0.15) is 23.0 Å². The van der Waals surface area contributed by atoms with Crippen molar-refractivity contribution in [3.8, 4) is 0 Å². The first kappa shape index (κ1) is 16.2. The summed E-state index contributed by atoms with van der Waals surface area (Å²) in [6, 6.07) is 20.4. The van der Waals surface area contributed by atoms with Gasteiger partial charge in [-0.3, -0.25) is 4.79 Å². The predicted octanol–water partition coefficient (Wildman–Crippen LogP) is 4.48. The van der Waals surface area contributed by atoms with Gasteiger partial charge < -0.3 is 10.6 Å². The van der Waals surface area contributed by atoms with Gasteiger partial charge in [-0.25, -0.2) is 9.97 Å². The van der Waals surface area contributed by atoms with Crippen LogP contribution in [0.25, 0.3) is 10.2 Å². The second-order valence-electron chi connectivity index (χ2n) is 5.71. The fourth-order valence-corrected chi connectivity index (χ4v) is 3.46. The van der Waals surface area contributed by atoms with Gasteiger partial charge in [0.25, 0.3) is 5.91 Å². The summed E-state index contributed by atoms with van der Waals surface area (Å²) in [6.45, 7) is 0. The number of hydrogen-bond donors (Lipinski definition) is 2. The van der Waals surface area contributed by atoms with E-state index in [-0.39, 0.29) is 5.91 Å². The zero-order valence-electron chi connectivity index (χ0n) is 13.8. The van der Waals surface area contributed by atoms with Crippen LogP contribution < -0.4 is 10.6 Å². The third-order valence-corrected chi connectivity index (χ3v) is 4.80. The minimum Gasteiger partial charge on any atom is -0.354 e. The summed E-state index contributed by atoms with van der Waals surface area (Å²) in [6.07, 6.45) is 1.51. The zero-order valence-corrected chi connectivity index (χ0v) is 14.6. The van der Waals surface area contributed by atoms with Crippen molar-refractivity contribution in [2.75, 3.05) is 10.6 Å². The molecule has 0 saturated carbocycles. The Kier molecular flexibility index (Phi) is 4.57. The SMILES string of the molecule is O=C(Nc1ccccc1)C(Nc1ncnc2sccc12)c1ccccc1. The van der Waals surface area contributed by atoms with Crippen LogP contribution in [0.3, 0.4) is 0 Å². The first-order valence-electron chi connectivity index (χ1n) is 8.17. The van der Waals surface area contributed by atoms with Crippen LogP contribution in [0, 0.1) is 0 Å². The number of fused-ring (bicyclic) bond motifs is 1. The maximum Gasteiger partial charge on any atom is 0.251 e. The van der Waals surface area contributed by atoms with E-state index in [1.165, 1.54) is 6.33 Å². The summed E-state index contributed by atoms with van der Waals surface area (Å²) in [4.78, 5) is 22.5. The fraction of sp³-hybridized carbons (Fsp3) is 0.0500. The Bertz CT molecular complexity index is 1020. The van der Waals surface area contributed by atoms with E-state index in [0.717, 1.165) is 21.5 Å². The maximum absolute atomic E-state index is 13.0. The summed E-state index contributed by atoms with van der Waals surface area (Å²) < 4.78 is 0. The highest BCUT2D eigenvalue weighted by Gasteiger charge is 2.22. The molecule has 1 unspecified atom stereocenters. The number of amides is 1. The molecule has 0 radical (unpaired) electrons. The summed E-state index contributed by atoms with van der Waals surface area (Å²) in [7, 11) is 0. The number of thiophene rings is 1. The lowest BCUT2D eigenvalue weighted by Gasteiger charge is -2.20. The highest BCUT2D eigenvalue weighted by Crippen LogP contribution is 2.27. The van der Waals surface area contributed by atoms with Crippen molar-refractivity contribution in [2.24, 2.45) is 0 Å². The van der Waals surface area contributed by atoms with Crippen molar-refractivity contribution in [1.29, 1.82) is 0 Å². The van der Waals surface area contributed by atoms with E-state index in [2.05, 4.69) is 20.6 Å². The largest absolute Gasteiger partial charge is 0.354 e. The smallest absolute Gasteiger partial charge is 0.251 e. The summed E-state index contributed by atoms with van der Waals surface area (Å²) in [5.41, 5.74) is 1.62. The molecular weight excluding hydrogens is 344 g/mol. The molecule has 128 valence electrons. The molecule has 6 heteroatoms. The van der Waals surface area contributed by atoms with Crippen molar-refractivity contribution in [3.05, 3.63) is 84.0 Å². The van der Waals surface area contributed by atoms with E-state index in [4.69, 9.17) is 0 Å². The van der Waals surface area contributed by atoms with E-state index in [0.29, 0.717) is 5.82 Å². The average molecular weight is 360 g/mol. The lowest BCUT2D eigenvalue weighted by Crippen LogP contribution is -2.27. The minimum absolute atomic E-state index is 0.149. The monoisotopic (exact) mass is 360 g/mol. The van der Waals surface area contributed by atoms with E-state index in [9.17, 15) is 4.79 Å². The Morgan fingerprint density at radius 2 is 1.65 bits per heavy atom. The molecular formula is C20H16N4OS. The van der Waals surface area contributed by atoms with E-state index in [1.807, 2.05) is 72.1 Å². The molecule has 5 nitrogen and oxygen atoms in total. The molecule has 1 amide bonds. The number of benzene rings is 2. The number of para-hydroxylation sites is 1. The van der Waals surface area contributed by atoms with Crippen molar-refractivity contribution in [3.63, 3.8) is 0 Å². The first-order valence-corrected chi connectivity index (χ1v) is 9.05. The number of carbonyl (C=O) groups excluding carboxylic acids is 1. The van der Waals surface area contributed by atoms with Crippen molar-refractivity contribution in [1.82, 2.24) is 9.97 Å². The minimum atomic E-state index is -0.575. The molecule has 0 bridgehead atoms. The second kappa shape index (κ2) is 7.33.